The summed E-state index contributed by atoms with van der Waals surface area (Å²) in [4.78, 5) is 0. The quantitative estimate of drug-likeness (QED) is 0.550. The Kier molecular flexibility index (Phi) is 5.81. The standard InChI is InChI=1S/C19H18Cl2N4S/c1-12-3-4-13(2)17(9-12)22-19(26)23-18-7-8-25(24-18)11-14-5-6-15(20)16(21)10-14/h3-10H,11H2,1-2H3,(H2,22,23,24,26). The number of aromatic nitrogens is 2. The van der Waals surface area contributed by atoms with Gasteiger partial charge in [-0.05, 0) is 61.0 Å². The summed E-state index contributed by atoms with van der Waals surface area (Å²) in [6.07, 6.45) is 1.88. The fraction of sp³-hybridized carbons (Fsp3) is 0.158. The highest BCUT2D eigenvalue weighted by atomic mass is 35.5. The van der Waals surface area contributed by atoms with E-state index in [9.17, 15) is 0 Å². The Morgan fingerprint density at radius 1 is 1.04 bits per heavy atom. The third kappa shape index (κ3) is 4.75. The molecule has 4 nitrogen and oxygen atoms in total. The van der Waals surface area contributed by atoms with Crippen LogP contribution in [0.15, 0.2) is 48.7 Å². The van der Waals surface area contributed by atoms with Crippen molar-refractivity contribution < 1.29 is 0 Å². The molecular weight excluding hydrogens is 387 g/mol. The van der Waals surface area contributed by atoms with Gasteiger partial charge in [0.05, 0.1) is 16.6 Å². The fourth-order valence-corrected chi connectivity index (χ4v) is 3.02. The van der Waals surface area contributed by atoms with Crippen LogP contribution in [-0.2, 0) is 6.54 Å². The van der Waals surface area contributed by atoms with E-state index < -0.39 is 0 Å². The zero-order valence-electron chi connectivity index (χ0n) is 14.4. The van der Waals surface area contributed by atoms with Gasteiger partial charge in [-0.2, -0.15) is 5.10 Å². The Labute approximate surface area is 168 Å². The van der Waals surface area contributed by atoms with Gasteiger partial charge in [0, 0.05) is 18.0 Å². The molecule has 0 atom stereocenters. The van der Waals surface area contributed by atoms with Crippen molar-refractivity contribution in [3.05, 3.63) is 75.4 Å². The van der Waals surface area contributed by atoms with Gasteiger partial charge < -0.3 is 10.6 Å². The number of halogens is 2. The zero-order valence-corrected chi connectivity index (χ0v) is 16.7. The van der Waals surface area contributed by atoms with E-state index in [1.54, 1.807) is 6.07 Å². The number of rotatable bonds is 4. The van der Waals surface area contributed by atoms with Crippen LogP contribution in [0.4, 0.5) is 11.5 Å². The van der Waals surface area contributed by atoms with Crippen molar-refractivity contribution in [1.29, 1.82) is 0 Å². The van der Waals surface area contributed by atoms with Crippen LogP contribution >= 0.6 is 35.4 Å². The third-order valence-corrected chi connectivity index (χ3v) is 4.80. The maximum atomic E-state index is 6.06. The smallest absolute Gasteiger partial charge is 0.176 e. The summed E-state index contributed by atoms with van der Waals surface area (Å²) in [7, 11) is 0. The van der Waals surface area contributed by atoms with Gasteiger partial charge in [-0.3, -0.25) is 4.68 Å². The summed E-state index contributed by atoms with van der Waals surface area (Å²) in [6, 6.07) is 13.6. The highest BCUT2D eigenvalue weighted by Gasteiger charge is 2.06. The average Bonchev–Trinajstić information content (AvgIpc) is 3.01. The first kappa shape index (κ1) is 18.7. The topological polar surface area (TPSA) is 41.9 Å². The SMILES string of the molecule is Cc1ccc(C)c(NC(=S)Nc2ccn(Cc3ccc(Cl)c(Cl)c3)n2)c1. The van der Waals surface area contributed by atoms with Gasteiger partial charge in [-0.25, -0.2) is 0 Å². The maximum Gasteiger partial charge on any atom is 0.176 e. The molecule has 0 fully saturated rings. The predicted molar refractivity (Wildman–Crippen MR) is 114 cm³/mol. The predicted octanol–water partition coefficient (Wildman–Crippen LogP) is 5.66. The summed E-state index contributed by atoms with van der Waals surface area (Å²) < 4.78 is 1.81. The number of thiocarbonyl (C=S) groups is 1. The molecular formula is C19H18Cl2N4S. The van der Waals surface area contributed by atoms with E-state index in [1.165, 1.54) is 5.56 Å². The second kappa shape index (κ2) is 8.08. The van der Waals surface area contributed by atoms with Crippen LogP contribution in [0.1, 0.15) is 16.7 Å². The average molecular weight is 405 g/mol. The molecule has 0 aliphatic carbocycles. The lowest BCUT2D eigenvalue weighted by Gasteiger charge is -2.12. The van der Waals surface area contributed by atoms with Crippen LogP contribution in [0.25, 0.3) is 0 Å². The summed E-state index contributed by atoms with van der Waals surface area (Å²) >= 11 is 17.4. The lowest BCUT2D eigenvalue weighted by molar-refractivity contribution is 0.690. The second-order valence-corrected chi connectivity index (χ2v) is 7.27. The molecule has 3 aromatic rings. The number of hydrogen-bond donors (Lipinski definition) is 2. The molecule has 0 saturated carbocycles. The minimum absolute atomic E-state index is 0.499. The van der Waals surface area contributed by atoms with Crippen LogP contribution in [0, 0.1) is 13.8 Å². The molecule has 0 spiro atoms. The number of nitrogens with zero attached hydrogens (tertiary/aromatic N) is 2. The molecule has 0 saturated heterocycles. The fourth-order valence-electron chi connectivity index (χ4n) is 2.48. The number of anilines is 2. The van der Waals surface area contributed by atoms with Gasteiger partial charge in [0.15, 0.2) is 10.9 Å². The Balaban J connectivity index is 1.63. The van der Waals surface area contributed by atoms with Crippen molar-refractivity contribution in [3.63, 3.8) is 0 Å². The van der Waals surface area contributed by atoms with E-state index in [-0.39, 0.29) is 0 Å². The van der Waals surface area contributed by atoms with Gasteiger partial charge in [-0.15, -0.1) is 0 Å². The van der Waals surface area contributed by atoms with Crippen molar-refractivity contribution >= 4 is 52.0 Å². The number of hydrogen-bond acceptors (Lipinski definition) is 2. The van der Waals surface area contributed by atoms with Crippen LogP contribution in [0.5, 0.6) is 0 Å². The van der Waals surface area contributed by atoms with E-state index in [2.05, 4.69) is 33.9 Å². The van der Waals surface area contributed by atoms with E-state index >= 15 is 0 Å². The van der Waals surface area contributed by atoms with E-state index in [4.69, 9.17) is 35.4 Å². The summed E-state index contributed by atoms with van der Waals surface area (Å²) in [5.41, 5.74) is 4.31. The first-order valence-corrected chi connectivity index (χ1v) is 9.20. The van der Waals surface area contributed by atoms with Gasteiger partial charge in [-0.1, -0.05) is 41.4 Å². The van der Waals surface area contributed by atoms with Gasteiger partial charge in [0.2, 0.25) is 0 Å². The lowest BCUT2D eigenvalue weighted by Crippen LogP contribution is -2.20. The third-order valence-electron chi connectivity index (χ3n) is 3.85. The maximum absolute atomic E-state index is 6.06. The Bertz CT molecular complexity index is 952. The monoisotopic (exact) mass is 404 g/mol. The highest BCUT2D eigenvalue weighted by Crippen LogP contribution is 2.23. The summed E-state index contributed by atoms with van der Waals surface area (Å²) in [5, 5.41) is 12.4. The van der Waals surface area contributed by atoms with E-state index in [0.717, 1.165) is 16.8 Å². The molecule has 0 aliphatic rings. The van der Waals surface area contributed by atoms with E-state index in [1.807, 2.05) is 42.9 Å². The van der Waals surface area contributed by atoms with Gasteiger partial charge in [0.1, 0.15) is 0 Å². The Hall–Kier alpha value is -2.08. The molecule has 0 unspecified atom stereocenters. The molecule has 2 N–H and O–H groups in total. The van der Waals surface area contributed by atoms with Crippen molar-refractivity contribution in [2.24, 2.45) is 0 Å². The molecule has 1 aromatic heterocycles. The molecule has 3 rings (SSSR count). The zero-order chi connectivity index (χ0) is 18.7. The van der Waals surface area contributed by atoms with Crippen LogP contribution in [-0.4, -0.2) is 14.9 Å². The number of aryl methyl sites for hydroxylation is 2. The summed E-state index contributed by atoms with van der Waals surface area (Å²) in [5.74, 6) is 0.674. The van der Waals surface area contributed by atoms with Crippen LogP contribution in [0.3, 0.4) is 0 Å². The largest absolute Gasteiger partial charge is 0.332 e. The van der Waals surface area contributed by atoms with E-state index in [0.29, 0.717) is 27.5 Å². The first-order chi connectivity index (χ1) is 12.4. The van der Waals surface area contributed by atoms with Gasteiger partial charge in [0.25, 0.3) is 0 Å². The molecule has 0 bridgehead atoms. The summed E-state index contributed by atoms with van der Waals surface area (Å²) in [6.45, 7) is 4.68. The minimum atomic E-state index is 0.499. The molecule has 0 radical (unpaired) electrons. The highest BCUT2D eigenvalue weighted by molar-refractivity contribution is 7.80. The first-order valence-electron chi connectivity index (χ1n) is 8.03. The number of nitrogens with one attached hydrogen (secondary N) is 2. The van der Waals surface area contributed by atoms with Crippen molar-refractivity contribution in [1.82, 2.24) is 9.78 Å². The minimum Gasteiger partial charge on any atom is -0.332 e. The molecule has 2 aromatic carbocycles. The molecule has 7 heteroatoms. The lowest BCUT2D eigenvalue weighted by atomic mass is 10.1. The van der Waals surface area contributed by atoms with Crippen molar-refractivity contribution in [2.45, 2.75) is 20.4 Å². The molecule has 0 aliphatic heterocycles. The van der Waals surface area contributed by atoms with Crippen LogP contribution in [0.2, 0.25) is 10.0 Å². The van der Waals surface area contributed by atoms with Crippen molar-refractivity contribution in [3.8, 4) is 0 Å². The normalized spacial score (nSPS) is 10.6. The molecule has 26 heavy (non-hydrogen) atoms. The van der Waals surface area contributed by atoms with Gasteiger partial charge >= 0.3 is 0 Å². The van der Waals surface area contributed by atoms with Crippen LogP contribution < -0.4 is 10.6 Å². The molecule has 134 valence electrons. The Morgan fingerprint density at radius 2 is 1.85 bits per heavy atom. The number of benzene rings is 2. The van der Waals surface area contributed by atoms with Crippen molar-refractivity contribution in [2.75, 3.05) is 10.6 Å². The molecule has 1 heterocycles. The molecule has 0 amide bonds. The Morgan fingerprint density at radius 3 is 2.62 bits per heavy atom. The second-order valence-electron chi connectivity index (χ2n) is 6.04.